The number of nitrogens with zero attached hydrogens (tertiary/aromatic N) is 7. The lowest BCUT2D eigenvalue weighted by atomic mass is 10.2. The number of aromatic nitrogens is 6. The zero-order chi connectivity index (χ0) is 20.1. The summed E-state index contributed by atoms with van der Waals surface area (Å²) < 4.78 is 8.21. The predicted molar refractivity (Wildman–Crippen MR) is 101 cm³/mol. The zero-order valence-corrected chi connectivity index (χ0v) is 15.2. The Kier molecular flexibility index (Phi) is 5.07. The lowest BCUT2D eigenvalue weighted by Gasteiger charge is -2.04. The second-order valence-corrected chi connectivity index (χ2v) is 6.15. The number of nitriles is 1. The number of carbonyl (C=O) groups excluding carboxylic acids is 1. The van der Waals surface area contributed by atoms with Crippen LogP contribution >= 0.6 is 0 Å². The van der Waals surface area contributed by atoms with Gasteiger partial charge in [0.25, 0.3) is 0 Å². The third-order valence-electron chi connectivity index (χ3n) is 4.09. The second kappa shape index (κ2) is 8.14. The fourth-order valence-corrected chi connectivity index (χ4v) is 2.61. The Morgan fingerprint density at radius 2 is 1.69 bits per heavy atom. The van der Waals surface area contributed by atoms with Gasteiger partial charge in [0.1, 0.15) is 24.5 Å². The Labute approximate surface area is 165 Å². The smallest absolute Gasteiger partial charge is 0.328 e. The van der Waals surface area contributed by atoms with Gasteiger partial charge < -0.3 is 4.74 Å². The molecule has 0 fully saturated rings. The van der Waals surface area contributed by atoms with E-state index in [9.17, 15) is 4.79 Å². The van der Waals surface area contributed by atoms with E-state index in [1.807, 2.05) is 30.3 Å². The number of ether oxygens (including phenoxy) is 1. The van der Waals surface area contributed by atoms with E-state index in [2.05, 4.69) is 26.7 Å². The molecule has 9 heteroatoms. The van der Waals surface area contributed by atoms with Gasteiger partial charge in [0.05, 0.1) is 29.7 Å². The maximum atomic E-state index is 12.0. The fourth-order valence-electron chi connectivity index (χ4n) is 2.61. The number of rotatable bonds is 6. The molecule has 4 rings (SSSR count). The molecular formula is C20H15N7O2. The Balaban J connectivity index is 1.39. The summed E-state index contributed by atoms with van der Waals surface area (Å²) in [7, 11) is 0. The average molecular weight is 385 g/mol. The molecule has 0 aliphatic rings. The summed E-state index contributed by atoms with van der Waals surface area (Å²) in [6, 6.07) is 18.5. The predicted octanol–water partition coefficient (Wildman–Crippen LogP) is 2.14. The van der Waals surface area contributed by atoms with Gasteiger partial charge in [0.2, 0.25) is 0 Å². The van der Waals surface area contributed by atoms with Gasteiger partial charge in [-0.1, -0.05) is 40.8 Å². The molecule has 142 valence electrons. The Morgan fingerprint density at radius 1 is 0.966 bits per heavy atom. The molecule has 4 aromatic rings. The highest BCUT2D eigenvalue weighted by atomic mass is 16.5. The first-order valence-corrected chi connectivity index (χ1v) is 8.74. The largest absolute Gasteiger partial charge is 0.459 e. The van der Waals surface area contributed by atoms with Crippen molar-refractivity contribution in [2.75, 3.05) is 0 Å². The average Bonchev–Trinajstić information content (AvgIpc) is 3.43. The fraction of sp³-hybridized carbons (Fsp3) is 0.100. The number of esters is 1. The van der Waals surface area contributed by atoms with E-state index in [-0.39, 0.29) is 13.2 Å². The minimum Gasteiger partial charge on any atom is -0.459 e. The molecule has 0 N–H and O–H groups in total. The third kappa shape index (κ3) is 4.33. The van der Waals surface area contributed by atoms with Gasteiger partial charge in [-0.3, -0.25) is 4.79 Å². The van der Waals surface area contributed by atoms with Crippen LogP contribution in [0.4, 0.5) is 0 Å². The Hall–Kier alpha value is -4.32. The van der Waals surface area contributed by atoms with E-state index in [0.717, 1.165) is 11.3 Å². The second-order valence-electron chi connectivity index (χ2n) is 6.15. The number of benzene rings is 2. The summed E-state index contributed by atoms with van der Waals surface area (Å²) in [5, 5.41) is 25.0. The number of carbonyl (C=O) groups is 1. The van der Waals surface area contributed by atoms with Crippen LogP contribution in [-0.2, 0) is 22.7 Å². The molecule has 0 saturated carbocycles. The first kappa shape index (κ1) is 18.1. The van der Waals surface area contributed by atoms with Crippen molar-refractivity contribution in [3.05, 3.63) is 78.1 Å². The van der Waals surface area contributed by atoms with Crippen LogP contribution in [0.1, 0.15) is 11.1 Å². The van der Waals surface area contributed by atoms with Gasteiger partial charge in [-0.25, -0.2) is 9.36 Å². The quantitative estimate of drug-likeness (QED) is 0.467. The van der Waals surface area contributed by atoms with Crippen molar-refractivity contribution in [2.45, 2.75) is 13.2 Å². The minimum atomic E-state index is -0.411. The van der Waals surface area contributed by atoms with Crippen LogP contribution < -0.4 is 0 Å². The highest BCUT2D eigenvalue weighted by Gasteiger charge is 2.12. The van der Waals surface area contributed by atoms with E-state index in [0.29, 0.717) is 17.0 Å². The number of hydrogen-bond donors (Lipinski definition) is 0. The highest BCUT2D eigenvalue weighted by molar-refractivity contribution is 5.69. The van der Waals surface area contributed by atoms with Gasteiger partial charge in [-0.05, 0) is 29.8 Å². The van der Waals surface area contributed by atoms with E-state index < -0.39 is 5.97 Å². The Morgan fingerprint density at radius 3 is 2.45 bits per heavy atom. The zero-order valence-electron chi connectivity index (χ0n) is 15.2. The van der Waals surface area contributed by atoms with E-state index in [4.69, 9.17) is 10.00 Å². The highest BCUT2D eigenvalue weighted by Crippen LogP contribution is 2.15. The van der Waals surface area contributed by atoms with Gasteiger partial charge in [0.15, 0.2) is 0 Å². The summed E-state index contributed by atoms with van der Waals surface area (Å²) in [6.07, 6.45) is 3.31. The molecule has 0 radical (unpaired) electrons. The molecule has 2 heterocycles. The van der Waals surface area contributed by atoms with Crippen LogP contribution in [0.2, 0.25) is 0 Å². The van der Waals surface area contributed by atoms with Crippen LogP contribution in [-0.4, -0.2) is 36.0 Å². The molecule has 0 atom stereocenters. The first-order chi connectivity index (χ1) is 14.2. The van der Waals surface area contributed by atoms with Crippen molar-refractivity contribution < 1.29 is 9.53 Å². The molecule has 2 aromatic carbocycles. The molecule has 0 saturated heterocycles. The maximum absolute atomic E-state index is 12.0. The van der Waals surface area contributed by atoms with Crippen molar-refractivity contribution in [3.63, 3.8) is 0 Å². The van der Waals surface area contributed by atoms with Gasteiger partial charge in [-0.15, -0.1) is 10.2 Å². The van der Waals surface area contributed by atoms with Crippen LogP contribution in [0.3, 0.4) is 0 Å². The van der Waals surface area contributed by atoms with Crippen molar-refractivity contribution in [1.29, 1.82) is 5.26 Å². The lowest BCUT2D eigenvalue weighted by Crippen LogP contribution is -2.14. The first-order valence-electron chi connectivity index (χ1n) is 8.74. The standard InChI is InChI=1S/C20H15N7O2/c21-10-15-6-8-17(9-7-15)27-12-19(23-25-27)18-11-26(24-22-18)13-20(28)29-14-16-4-2-1-3-5-16/h1-9,11-12H,13-14H2. The van der Waals surface area contributed by atoms with E-state index >= 15 is 0 Å². The van der Waals surface area contributed by atoms with Crippen LogP contribution in [0, 0.1) is 11.3 Å². The topological polar surface area (TPSA) is 112 Å². The van der Waals surface area contributed by atoms with Gasteiger partial charge >= 0.3 is 5.97 Å². The van der Waals surface area contributed by atoms with Crippen molar-refractivity contribution in [1.82, 2.24) is 30.0 Å². The molecule has 0 aliphatic heterocycles. The molecule has 0 bridgehead atoms. The van der Waals surface area contributed by atoms with Crippen LogP contribution in [0.25, 0.3) is 17.1 Å². The van der Waals surface area contributed by atoms with Crippen molar-refractivity contribution in [2.24, 2.45) is 0 Å². The molecule has 0 aliphatic carbocycles. The van der Waals surface area contributed by atoms with Crippen molar-refractivity contribution in [3.8, 4) is 23.1 Å². The molecular weight excluding hydrogens is 370 g/mol. The van der Waals surface area contributed by atoms with E-state index in [1.165, 1.54) is 4.68 Å². The molecule has 0 unspecified atom stereocenters. The number of hydrogen-bond acceptors (Lipinski definition) is 7. The van der Waals surface area contributed by atoms with Crippen LogP contribution in [0.15, 0.2) is 67.0 Å². The van der Waals surface area contributed by atoms with Gasteiger partial charge in [0, 0.05) is 0 Å². The van der Waals surface area contributed by atoms with E-state index in [1.54, 1.807) is 41.3 Å². The normalized spacial score (nSPS) is 10.4. The monoisotopic (exact) mass is 385 g/mol. The molecule has 9 nitrogen and oxygen atoms in total. The third-order valence-corrected chi connectivity index (χ3v) is 4.09. The molecule has 0 amide bonds. The molecule has 0 spiro atoms. The lowest BCUT2D eigenvalue weighted by molar-refractivity contribution is -0.145. The summed E-state index contributed by atoms with van der Waals surface area (Å²) in [5.41, 5.74) is 3.24. The minimum absolute atomic E-state index is 0.0520. The van der Waals surface area contributed by atoms with Crippen molar-refractivity contribution >= 4 is 5.97 Å². The SMILES string of the molecule is N#Cc1ccc(-n2cc(-c3cn(CC(=O)OCc4ccccc4)nn3)nn2)cc1. The molecule has 2 aromatic heterocycles. The van der Waals surface area contributed by atoms with Gasteiger partial charge in [-0.2, -0.15) is 5.26 Å². The van der Waals surface area contributed by atoms with Crippen LogP contribution in [0.5, 0.6) is 0 Å². The summed E-state index contributed by atoms with van der Waals surface area (Å²) in [4.78, 5) is 12.0. The molecule has 29 heavy (non-hydrogen) atoms. The Bertz CT molecular complexity index is 1160. The summed E-state index contributed by atoms with van der Waals surface area (Å²) in [5.74, 6) is -0.411. The summed E-state index contributed by atoms with van der Waals surface area (Å²) >= 11 is 0. The summed E-state index contributed by atoms with van der Waals surface area (Å²) in [6.45, 7) is 0.156. The maximum Gasteiger partial charge on any atom is 0.328 e.